The van der Waals surface area contributed by atoms with Crippen LogP contribution in [-0.2, 0) is 0 Å². The smallest absolute Gasteiger partial charge is 0.254 e. The molecule has 2 aliphatic rings. The van der Waals surface area contributed by atoms with Gasteiger partial charge in [0.2, 0.25) is 0 Å². The predicted molar refractivity (Wildman–Crippen MR) is 109 cm³/mol. The minimum atomic E-state index is -0.675. The van der Waals surface area contributed by atoms with Crippen molar-refractivity contribution in [1.29, 1.82) is 0 Å². The number of aromatic amines is 1. The fraction of sp³-hybridized carbons (Fsp3) is 0.364. The van der Waals surface area contributed by atoms with Gasteiger partial charge in [0.05, 0.1) is 22.6 Å². The van der Waals surface area contributed by atoms with Gasteiger partial charge in [-0.15, -0.1) is 0 Å². The Kier molecular flexibility index (Phi) is 4.78. The number of aromatic nitrogens is 2. The maximum Gasteiger partial charge on any atom is 0.254 e. The van der Waals surface area contributed by atoms with Gasteiger partial charge in [-0.2, -0.15) is 0 Å². The van der Waals surface area contributed by atoms with Crippen LogP contribution >= 0.6 is 0 Å². The molecule has 3 heterocycles. The molecule has 0 aliphatic carbocycles. The van der Waals surface area contributed by atoms with Gasteiger partial charge in [0.1, 0.15) is 19.0 Å². The van der Waals surface area contributed by atoms with Gasteiger partial charge in [-0.25, -0.2) is 9.37 Å². The van der Waals surface area contributed by atoms with Gasteiger partial charge in [0.25, 0.3) is 5.91 Å². The van der Waals surface area contributed by atoms with Crippen LogP contribution in [0.5, 0.6) is 11.5 Å². The van der Waals surface area contributed by atoms with Crippen LogP contribution in [0.15, 0.2) is 36.4 Å². The summed E-state index contributed by atoms with van der Waals surface area (Å²) >= 11 is 0. The van der Waals surface area contributed by atoms with E-state index < -0.39 is 11.7 Å². The number of hydrogen-bond acceptors (Lipinski definition) is 5. The van der Waals surface area contributed by atoms with Gasteiger partial charge >= 0.3 is 0 Å². The molecule has 2 aliphatic heterocycles. The average Bonchev–Trinajstić information content (AvgIpc) is 3.19. The maximum absolute atomic E-state index is 14.8. The minimum absolute atomic E-state index is 0.0115. The zero-order valence-electron chi connectivity index (χ0n) is 16.7. The number of para-hydroxylation sites is 2. The third-order valence-electron chi connectivity index (χ3n) is 5.82. The second kappa shape index (κ2) is 7.60. The Morgan fingerprint density at radius 3 is 2.93 bits per heavy atom. The highest BCUT2D eigenvalue weighted by atomic mass is 19.1. The van der Waals surface area contributed by atoms with Crippen molar-refractivity contribution in [2.45, 2.75) is 24.9 Å². The highest BCUT2D eigenvalue weighted by Crippen LogP contribution is 2.35. The Morgan fingerprint density at radius 2 is 2.07 bits per heavy atom. The molecule has 0 unspecified atom stereocenters. The lowest BCUT2D eigenvalue weighted by molar-refractivity contribution is 0.0877. The highest BCUT2D eigenvalue weighted by molar-refractivity contribution is 5.95. The van der Waals surface area contributed by atoms with E-state index in [0.717, 1.165) is 29.8 Å². The second-order valence-electron chi connectivity index (χ2n) is 7.78. The molecule has 8 heteroatoms. The molecule has 156 valence electrons. The molecule has 0 bridgehead atoms. The first-order chi connectivity index (χ1) is 14.6. The van der Waals surface area contributed by atoms with Crippen LogP contribution in [0.4, 0.5) is 4.39 Å². The van der Waals surface area contributed by atoms with E-state index >= 15 is 0 Å². The van der Waals surface area contributed by atoms with E-state index in [1.165, 1.54) is 6.07 Å². The van der Waals surface area contributed by atoms with E-state index in [2.05, 4.69) is 22.2 Å². The van der Waals surface area contributed by atoms with Crippen molar-refractivity contribution in [2.75, 3.05) is 26.8 Å². The van der Waals surface area contributed by atoms with E-state index in [1.54, 1.807) is 6.07 Å². The molecule has 7 nitrogen and oxygen atoms in total. The number of rotatable bonds is 3. The number of hydrogen-bond donors (Lipinski definition) is 2. The van der Waals surface area contributed by atoms with E-state index in [1.807, 2.05) is 24.3 Å². The number of nitrogens with one attached hydrogen (secondary N) is 2. The van der Waals surface area contributed by atoms with Crippen LogP contribution in [0.25, 0.3) is 11.0 Å². The first-order valence-electron chi connectivity index (χ1n) is 10.1. The van der Waals surface area contributed by atoms with Crippen LogP contribution in [-0.4, -0.2) is 53.6 Å². The van der Waals surface area contributed by atoms with Crippen LogP contribution in [0.2, 0.25) is 0 Å². The van der Waals surface area contributed by atoms with E-state index in [0.29, 0.717) is 18.8 Å². The Hall–Kier alpha value is -3.13. The Labute approximate surface area is 173 Å². The lowest BCUT2D eigenvalue weighted by Gasteiger charge is -2.36. The molecule has 0 radical (unpaired) electrons. The van der Waals surface area contributed by atoms with Crippen LogP contribution < -0.4 is 14.8 Å². The van der Waals surface area contributed by atoms with Gasteiger partial charge in [-0.05, 0) is 44.2 Å². The van der Waals surface area contributed by atoms with Crippen LogP contribution in [0.3, 0.4) is 0 Å². The molecular formula is C22H23FN4O3. The number of carbonyl (C=O) groups excluding carboxylic acids is 1. The summed E-state index contributed by atoms with van der Waals surface area (Å²) in [5.74, 6) is 0.106. The van der Waals surface area contributed by atoms with E-state index in [9.17, 15) is 9.18 Å². The number of halogens is 1. The molecule has 2 N–H and O–H groups in total. The van der Waals surface area contributed by atoms with Crippen molar-refractivity contribution in [2.24, 2.45) is 0 Å². The predicted octanol–water partition coefficient (Wildman–Crippen LogP) is 3.04. The van der Waals surface area contributed by atoms with Crippen LogP contribution in [0, 0.1) is 5.82 Å². The number of amides is 1. The topological polar surface area (TPSA) is 79.5 Å². The lowest BCUT2D eigenvalue weighted by Crippen LogP contribution is -2.45. The van der Waals surface area contributed by atoms with Crippen molar-refractivity contribution in [3.8, 4) is 11.5 Å². The summed E-state index contributed by atoms with van der Waals surface area (Å²) in [4.78, 5) is 23.1. The Morgan fingerprint density at radius 1 is 1.23 bits per heavy atom. The number of fused-ring (bicyclic) bond motifs is 2. The van der Waals surface area contributed by atoms with Gasteiger partial charge < -0.3 is 19.8 Å². The normalized spacial score (nSPS) is 21.5. The molecule has 1 fully saturated rings. The number of H-pyrrole nitrogens is 1. The summed E-state index contributed by atoms with van der Waals surface area (Å²) in [6.45, 7) is 1.44. The molecular weight excluding hydrogens is 387 g/mol. The third-order valence-corrected chi connectivity index (χ3v) is 5.82. The molecule has 1 aromatic heterocycles. The highest BCUT2D eigenvalue weighted by Gasteiger charge is 2.31. The molecule has 5 rings (SSSR count). The SMILES string of the molecule is CN1CC[C@@H](NC(=O)c2ccc3c(c2F)OCCO3)C[C@@H]1c1nc2ccccc2[nH]1. The number of benzene rings is 2. The Bertz CT molecular complexity index is 1070. The van der Waals surface area contributed by atoms with Gasteiger partial charge in [0.15, 0.2) is 17.3 Å². The zero-order chi connectivity index (χ0) is 20.7. The van der Waals surface area contributed by atoms with Crippen molar-refractivity contribution < 1.29 is 18.7 Å². The maximum atomic E-state index is 14.8. The van der Waals surface area contributed by atoms with Crippen molar-refractivity contribution in [3.63, 3.8) is 0 Å². The molecule has 3 aromatic rings. The standard InChI is InChI=1S/C22H23FN4O3/c1-27-9-8-13(12-17(27)21-25-15-4-2-3-5-16(15)26-21)24-22(28)14-6-7-18-20(19(14)23)30-11-10-29-18/h2-7,13,17H,8-12H2,1H3,(H,24,28)(H,25,26)/t13-,17-/m1/s1. The number of imidazole rings is 1. The summed E-state index contributed by atoms with van der Waals surface area (Å²) in [6.07, 6.45) is 1.47. The summed E-state index contributed by atoms with van der Waals surface area (Å²) in [5.41, 5.74) is 1.88. The molecule has 1 amide bonds. The monoisotopic (exact) mass is 410 g/mol. The number of carbonyl (C=O) groups is 1. The number of likely N-dealkylation sites (tertiary alicyclic amines) is 1. The fourth-order valence-electron chi connectivity index (χ4n) is 4.18. The van der Waals surface area contributed by atoms with Gasteiger partial charge in [-0.1, -0.05) is 12.1 Å². The number of nitrogens with zero attached hydrogens (tertiary/aromatic N) is 2. The van der Waals surface area contributed by atoms with Gasteiger partial charge in [-0.3, -0.25) is 9.69 Å². The molecule has 0 saturated carbocycles. The van der Waals surface area contributed by atoms with Crippen molar-refractivity contribution in [1.82, 2.24) is 20.2 Å². The summed E-state index contributed by atoms with van der Waals surface area (Å²) in [6, 6.07) is 10.9. The average molecular weight is 410 g/mol. The van der Waals surface area contributed by atoms with Crippen molar-refractivity contribution in [3.05, 3.63) is 53.6 Å². The van der Waals surface area contributed by atoms with E-state index in [-0.39, 0.29) is 30.0 Å². The van der Waals surface area contributed by atoms with Crippen molar-refractivity contribution >= 4 is 16.9 Å². The molecule has 0 spiro atoms. The molecule has 30 heavy (non-hydrogen) atoms. The molecule has 2 atom stereocenters. The largest absolute Gasteiger partial charge is 0.486 e. The summed E-state index contributed by atoms with van der Waals surface area (Å²) in [7, 11) is 2.05. The third kappa shape index (κ3) is 3.37. The first kappa shape index (κ1) is 18.9. The number of ether oxygens (including phenoxy) is 2. The first-order valence-corrected chi connectivity index (χ1v) is 10.1. The summed E-state index contributed by atoms with van der Waals surface area (Å²) < 4.78 is 25.5. The number of piperidine rings is 1. The molecule has 2 aromatic carbocycles. The fourth-order valence-corrected chi connectivity index (χ4v) is 4.18. The second-order valence-corrected chi connectivity index (χ2v) is 7.78. The minimum Gasteiger partial charge on any atom is -0.486 e. The quantitative estimate of drug-likeness (QED) is 0.694. The molecule has 1 saturated heterocycles. The zero-order valence-corrected chi connectivity index (χ0v) is 16.7. The van der Waals surface area contributed by atoms with Crippen LogP contribution in [0.1, 0.15) is 35.1 Å². The summed E-state index contributed by atoms with van der Waals surface area (Å²) in [5, 5.41) is 2.99. The Balaban J connectivity index is 1.33. The van der Waals surface area contributed by atoms with E-state index in [4.69, 9.17) is 14.5 Å². The lowest BCUT2D eigenvalue weighted by atomic mass is 9.96. The van der Waals surface area contributed by atoms with Gasteiger partial charge in [0, 0.05) is 12.6 Å².